The van der Waals surface area contributed by atoms with Crippen LogP contribution in [-0.2, 0) is 12.8 Å². The molecule has 0 fully saturated rings. The fourth-order valence-corrected chi connectivity index (χ4v) is 2.62. The fourth-order valence-electron chi connectivity index (χ4n) is 2.62. The SMILES string of the molecule is CCCc1ccc(-c2ccc(CCC(N)(CO)CO)cc2)cc1. The van der Waals surface area contributed by atoms with E-state index in [1.165, 1.54) is 23.1 Å². The van der Waals surface area contributed by atoms with Crippen molar-refractivity contribution >= 4 is 0 Å². The van der Waals surface area contributed by atoms with Gasteiger partial charge in [-0.15, -0.1) is 0 Å². The van der Waals surface area contributed by atoms with Crippen molar-refractivity contribution in [3.63, 3.8) is 0 Å². The minimum absolute atomic E-state index is 0.203. The molecule has 3 heteroatoms. The van der Waals surface area contributed by atoms with Crippen LogP contribution in [0.3, 0.4) is 0 Å². The highest BCUT2D eigenvalue weighted by atomic mass is 16.3. The van der Waals surface area contributed by atoms with Gasteiger partial charge in [0, 0.05) is 0 Å². The van der Waals surface area contributed by atoms with Crippen LogP contribution >= 0.6 is 0 Å². The molecule has 3 nitrogen and oxygen atoms in total. The van der Waals surface area contributed by atoms with E-state index in [4.69, 9.17) is 5.73 Å². The quantitative estimate of drug-likeness (QED) is 0.702. The molecule has 0 bridgehead atoms. The van der Waals surface area contributed by atoms with Crippen molar-refractivity contribution in [1.29, 1.82) is 0 Å². The Labute approximate surface area is 138 Å². The van der Waals surface area contributed by atoms with Gasteiger partial charge in [-0.1, -0.05) is 61.9 Å². The molecule has 0 unspecified atom stereocenters. The summed E-state index contributed by atoms with van der Waals surface area (Å²) in [5.74, 6) is 0. The van der Waals surface area contributed by atoms with Crippen LogP contribution in [0.25, 0.3) is 11.1 Å². The van der Waals surface area contributed by atoms with Gasteiger partial charge >= 0.3 is 0 Å². The first-order chi connectivity index (χ1) is 11.1. The molecule has 0 radical (unpaired) electrons. The Hall–Kier alpha value is -1.68. The Morgan fingerprint density at radius 3 is 1.61 bits per heavy atom. The van der Waals surface area contributed by atoms with Crippen LogP contribution in [0.15, 0.2) is 48.5 Å². The maximum atomic E-state index is 9.23. The zero-order valence-electron chi connectivity index (χ0n) is 13.8. The lowest BCUT2D eigenvalue weighted by atomic mass is 9.93. The van der Waals surface area contributed by atoms with Gasteiger partial charge in [0.2, 0.25) is 0 Å². The number of benzene rings is 2. The lowest BCUT2D eigenvalue weighted by Crippen LogP contribution is -2.47. The molecular weight excluding hydrogens is 286 g/mol. The van der Waals surface area contributed by atoms with Gasteiger partial charge in [0.1, 0.15) is 0 Å². The van der Waals surface area contributed by atoms with Crippen molar-refractivity contribution in [2.75, 3.05) is 13.2 Å². The first-order valence-corrected chi connectivity index (χ1v) is 8.29. The maximum Gasteiger partial charge on any atom is 0.0633 e. The molecule has 2 aromatic carbocycles. The minimum atomic E-state index is -0.895. The molecule has 0 amide bonds. The summed E-state index contributed by atoms with van der Waals surface area (Å²) < 4.78 is 0. The van der Waals surface area contributed by atoms with E-state index in [2.05, 4.69) is 55.5 Å². The fraction of sp³-hybridized carbons (Fsp3) is 0.400. The van der Waals surface area contributed by atoms with Crippen molar-refractivity contribution < 1.29 is 10.2 Å². The first kappa shape index (κ1) is 17.7. The summed E-state index contributed by atoms with van der Waals surface area (Å²) in [4.78, 5) is 0. The van der Waals surface area contributed by atoms with Gasteiger partial charge in [-0.3, -0.25) is 0 Å². The Kier molecular flexibility index (Phi) is 6.34. The van der Waals surface area contributed by atoms with Crippen LogP contribution in [0.4, 0.5) is 0 Å². The van der Waals surface area contributed by atoms with E-state index >= 15 is 0 Å². The maximum absolute atomic E-state index is 9.23. The summed E-state index contributed by atoms with van der Waals surface area (Å²) in [6.07, 6.45) is 3.59. The summed E-state index contributed by atoms with van der Waals surface area (Å²) in [5, 5.41) is 18.5. The van der Waals surface area contributed by atoms with Crippen LogP contribution in [0.2, 0.25) is 0 Å². The summed E-state index contributed by atoms with van der Waals surface area (Å²) >= 11 is 0. The molecule has 0 spiro atoms. The van der Waals surface area contributed by atoms with E-state index in [9.17, 15) is 10.2 Å². The van der Waals surface area contributed by atoms with E-state index in [-0.39, 0.29) is 13.2 Å². The number of aryl methyl sites for hydroxylation is 2. The summed E-state index contributed by atoms with van der Waals surface area (Å²) in [6, 6.07) is 17.1. The average molecular weight is 313 g/mol. The Morgan fingerprint density at radius 1 is 0.783 bits per heavy atom. The highest BCUT2D eigenvalue weighted by Gasteiger charge is 2.22. The van der Waals surface area contributed by atoms with Gasteiger partial charge in [0.15, 0.2) is 0 Å². The summed E-state index contributed by atoms with van der Waals surface area (Å²) in [5.41, 5.74) is 9.96. The molecule has 0 saturated heterocycles. The number of aliphatic hydroxyl groups is 2. The molecule has 124 valence electrons. The third-order valence-electron chi connectivity index (χ3n) is 4.32. The van der Waals surface area contributed by atoms with Crippen LogP contribution in [-0.4, -0.2) is 29.0 Å². The third-order valence-corrected chi connectivity index (χ3v) is 4.32. The van der Waals surface area contributed by atoms with Crippen molar-refractivity contribution in [3.05, 3.63) is 59.7 Å². The van der Waals surface area contributed by atoms with E-state index in [0.29, 0.717) is 6.42 Å². The number of nitrogens with two attached hydrogens (primary N) is 1. The second kappa shape index (κ2) is 8.25. The van der Waals surface area contributed by atoms with Gasteiger partial charge in [-0.05, 0) is 41.5 Å². The standard InChI is InChI=1S/C20H27NO2/c1-2-3-16-4-8-18(9-5-16)19-10-6-17(7-11-19)12-13-20(21,14-22)15-23/h4-11,22-23H,2-3,12-15,21H2,1H3. The average Bonchev–Trinajstić information content (AvgIpc) is 2.61. The van der Waals surface area contributed by atoms with E-state index < -0.39 is 5.54 Å². The Morgan fingerprint density at radius 2 is 1.22 bits per heavy atom. The van der Waals surface area contributed by atoms with Crippen molar-refractivity contribution in [3.8, 4) is 11.1 Å². The Balaban J connectivity index is 2.01. The number of aliphatic hydroxyl groups excluding tert-OH is 2. The molecule has 23 heavy (non-hydrogen) atoms. The molecule has 0 atom stereocenters. The van der Waals surface area contributed by atoms with Gasteiger partial charge < -0.3 is 15.9 Å². The molecule has 0 aliphatic carbocycles. The van der Waals surface area contributed by atoms with Crippen molar-refractivity contribution in [1.82, 2.24) is 0 Å². The largest absolute Gasteiger partial charge is 0.394 e. The zero-order chi connectivity index (χ0) is 16.7. The molecule has 0 aliphatic heterocycles. The van der Waals surface area contributed by atoms with Crippen LogP contribution in [0, 0.1) is 0 Å². The summed E-state index contributed by atoms with van der Waals surface area (Å²) in [6.45, 7) is 1.79. The van der Waals surface area contributed by atoms with Crippen molar-refractivity contribution in [2.24, 2.45) is 5.73 Å². The monoisotopic (exact) mass is 313 g/mol. The van der Waals surface area contributed by atoms with Crippen LogP contribution < -0.4 is 5.73 Å². The van der Waals surface area contributed by atoms with E-state index in [1.807, 2.05) is 0 Å². The minimum Gasteiger partial charge on any atom is -0.394 e. The topological polar surface area (TPSA) is 66.5 Å². The second-order valence-electron chi connectivity index (χ2n) is 6.32. The summed E-state index contributed by atoms with van der Waals surface area (Å²) in [7, 11) is 0. The van der Waals surface area contributed by atoms with Gasteiger partial charge in [0.05, 0.1) is 18.8 Å². The molecule has 2 rings (SSSR count). The lowest BCUT2D eigenvalue weighted by Gasteiger charge is -2.24. The third kappa shape index (κ3) is 4.90. The molecule has 0 heterocycles. The predicted octanol–water partition coefficient (Wildman–Crippen LogP) is 2.92. The number of rotatable bonds is 8. The molecular formula is C20H27NO2. The molecule has 2 aromatic rings. The van der Waals surface area contributed by atoms with Gasteiger partial charge in [0.25, 0.3) is 0 Å². The smallest absolute Gasteiger partial charge is 0.0633 e. The highest BCUT2D eigenvalue weighted by molar-refractivity contribution is 5.63. The van der Waals surface area contributed by atoms with Crippen LogP contribution in [0.1, 0.15) is 30.9 Å². The number of hydrogen-bond acceptors (Lipinski definition) is 3. The molecule has 0 aromatic heterocycles. The molecule has 0 saturated carbocycles. The molecule has 0 aliphatic rings. The zero-order valence-corrected chi connectivity index (χ0v) is 13.8. The van der Waals surface area contributed by atoms with Gasteiger partial charge in [-0.2, -0.15) is 0 Å². The predicted molar refractivity (Wildman–Crippen MR) is 95.3 cm³/mol. The van der Waals surface area contributed by atoms with Gasteiger partial charge in [-0.25, -0.2) is 0 Å². The van der Waals surface area contributed by atoms with E-state index in [0.717, 1.165) is 18.4 Å². The van der Waals surface area contributed by atoms with Crippen molar-refractivity contribution in [2.45, 2.75) is 38.1 Å². The van der Waals surface area contributed by atoms with Crippen LogP contribution in [0.5, 0.6) is 0 Å². The van der Waals surface area contributed by atoms with E-state index in [1.54, 1.807) is 0 Å². The first-order valence-electron chi connectivity index (χ1n) is 8.29. The number of hydrogen-bond donors (Lipinski definition) is 3. The second-order valence-corrected chi connectivity index (χ2v) is 6.32. The molecule has 4 N–H and O–H groups in total. The normalized spacial score (nSPS) is 11.7. The lowest BCUT2D eigenvalue weighted by molar-refractivity contribution is 0.115. The highest BCUT2D eigenvalue weighted by Crippen LogP contribution is 2.22. The Bertz CT molecular complexity index is 586.